The quantitative estimate of drug-likeness (QED) is 0.817. The van der Waals surface area contributed by atoms with Gasteiger partial charge >= 0.3 is 0 Å². The number of hydrogen-bond acceptors (Lipinski definition) is 4. The van der Waals surface area contributed by atoms with E-state index in [1.807, 2.05) is 32.0 Å². The highest BCUT2D eigenvalue weighted by Gasteiger charge is 2.41. The van der Waals surface area contributed by atoms with Gasteiger partial charge in [-0.25, -0.2) is 0 Å². The summed E-state index contributed by atoms with van der Waals surface area (Å²) in [5.41, 5.74) is 1.25. The molecule has 22 heavy (non-hydrogen) atoms. The Labute approximate surface area is 132 Å². The van der Waals surface area contributed by atoms with Gasteiger partial charge in [0.25, 0.3) is 0 Å². The van der Waals surface area contributed by atoms with E-state index < -0.39 is 0 Å². The molecule has 1 aromatic rings. The minimum absolute atomic E-state index is 0.208. The molecule has 122 valence electrons. The van der Waals surface area contributed by atoms with Crippen LogP contribution in [0.15, 0.2) is 12.4 Å². The van der Waals surface area contributed by atoms with Crippen LogP contribution in [0.1, 0.15) is 12.0 Å². The van der Waals surface area contributed by atoms with E-state index in [1.165, 1.54) is 5.56 Å². The molecule has 3 rings (SSSR count). The van der Waals surface area contributed by atoms with Gasteiger partial charge in [-0.05, 0) is 17.8 Å². The average molecular weight is 306 g/mol. The van der Waals surface area contributed by atoms with E-state index in [0.717, 1.165) is 32.8 Å². The van der Waals surface area contributed by atoms with Gasteiger partial charge in [0.05, 0.1) is 19.4 Å². The largest absolute Gasteiger partial charge is 0.381 e. The van der Waals surface area contributed by atoms with Crippen LogP contribution in [0, 0.1) is 17.8 Å². The number of amides is 1. The van der Waals surface area contributed by atoms with Crippen molar-refractivity contribution in [3.05, 3.63) is 18.0 Å². The Morgan fingerprint density at radius 3 is 2.91 bits per heavy atom. The van der Waals surface area contributed by atoms with Crippen LogP contribution >= 0.6 is 0 Å². The fourth-order valence-electron chi connectivity index (χ4n) is 3.75. The maximum absolute atomic E-state index is 12.0. The zero-order chi connectivity index (χ0) is 15.7. The lowest BCUT2D eigenvalue weighted by molar-refractivity contribution is -0.132. The number of likely N-dealkylation sites (tertiary alicyclic amines) is 1. The standard InChI is InChI=1S/C16H26N4O2/c1-18(2)16(21)4-13-10-22-11-14-8-20(9-15(13)14)7-12-5-17-19(3)6-12/h5-6,13-15H,4,7-11H2,1-3H3/t13-,14-,15+/m1/s1. The van der Waals surface area contributed by atoms with E-state index >= 15 is 0 Å². The first kappa shape index (κ1) is 15.5. The number of hydrogen-bond donors (Lipinski definition) is 0. The van der Waals surface area contributed by atoms with Crippen molar-refractivity contribution in [1.82, 2.24) is 19.6 Å². The van der Waals surface area contributed by atoms with Crippen molar-refractivity contribution < 1.29 is 9.53 Å². The van der Waals surface area contributed by atoms with E-state index in [1.54, 1.807) is 4.90 Å². The third-order valence-corrected chi connectivity index (χ3v) is 4.94. The van der Waals surface area contributed by atoms with E-state index in [4.69, 9.17) is 4.74 Å². The number of ether oxygens (including phenoxy) is 1. The minimum Gasteiger partial charge on any atom is -0.381 e. The van der Waals surface area contributed by atoms with Gasteiger partial charge in [0.2, 0.25) is 5.91 Å². The molecule has 3 atom stereocenters. The Bertz CT molecular complexity index is 528. The number of rotatable bonds is 4. The van der Waals surface area contributed by atoms with Gasteiger partial charge < -0.3 is 9.64 Å². The number of aromatic nitrogens is 2. The summed E-state index contributed by atoms with van der Waals surface area (Å²) in [5.74, 6) is 1.70. The molecule has 2 aliphatic heterocycles. The Hall–Kier alpha value is -1.40. The van der Waals surface area contributed by atoms with Crippen molar-refractivity contribution in [1.29, 1.82) is 0 Å². The SMILES string of the molecule is CN(C)C(=O)C[C@@H]1COC[C@H]2CN(Cc3cnn(C)c3)C[C@@H]12. The molecule has 0 unspecified atom stereocenters. The van der Waals surface area contributed by atoms with Crippen LogP contribution in [0.4, 0.5) is 0 Å². The first-order valence-electron chi connectivity index (χ1n) is 8.00. The number of nitrogens with zero attached hydrogens (tertiary/aromatic N) is 4. The number of aryl methyl sites for hydroxylation is 1. The van der Waals surface area contributed by atoms with Crippen LogP contribution in [-0.2, 0) is 23.1 Å². The maximum Gasteiger partial charge on any atom is 0.222 e. The van der Waals surface area contributed by atoms with Crippen molar-refractivity contribution in [2.24, 2.45) is 24.8 Å². The molecule has 0 aromatic carbocycles. The lowest BCUT2D eigenvalue weighted by atomic mass is 9.81. The summed E-state index contributed by atoms with van der Waals surface area (Å²) in [4.78, 5) is 16.2. The van der Waals surface area contributed by atoms with Gasteiger partial charge in [-0.1, -0.05) is 0 Å². The average Bonchev–Trinajstić information content (AvgIpc) is 3.05. The first-order chi connectivity index (χ1) is 10.5. The van der Waals surface area contributed by atoms with Crippen LogP contribution in [0.5, 0.6) is 0 Å². The second kappa shape index (κ2) is 6.38. The third kappa shape index (κ3) is 3.33. The summed E-state index contributed by atoms with van der Waals surface area (Å²) < 4.78 is 7.61. The molecule has 0 aliphatic carbocycles. The normalized spacial score (nSPS) is 28.6. The predicted octanol–water partition coefficient (Wildman–Crippen LogP) is 0.593. The zero-order valence-electron chi connectivity index (χ0n) is 13.7. The molecular weight excluding hydrogens is 280 g/mol. The summed E-state index contributed by atoms with van der Waals surface area (Å²) in [7, 11) is 5.60. The second-order valence-electron chi connectivity index (χ2n) is 6.93. The monoisotopic (exact) mass is 306 g/mol. The molecule has 0 saturated carbocycles. The molecule has 6 nitrogen and oxygen atoms in total. The molecule has 0 radical (unpaired) electrons. The Balaban J connectivity index is 1.61. The first-order valence-corrected chi connectivity index (χ1v) is 8.00. The van der Waals surface area contributed by atoms with Crippen LogP contribution in [-0.4, -0.2) is 65.9 Å². The highest BCUT2D eigenvalue weighted by atomic mass is 16.5. The van der Waals surface area contributed by atoms with E-state index in [0.29, 0.717) is 24.2 Å². The minimum atomic E-state index is 0.208. The lowest BCUT2D eigenvalue weighted by Crippen LogP contribution is -2.38. The number of carbonyl (C=O) groups excluding carboxylic acids is 1. The maximum atomic E-state index is 12.0. The van der Waals surface area contributed by atoms with Crippen molar-refractivity contribution >= 4 is 5.91 Å². The molecule has 0 N–H and O–H groups in total. The van der Waals surface area contributed by atoms with Crippen LogP contribution < -0.4 is 0 Å². The van der Waals surface area contributed by atoms with E-state index in [9.17, 15) is 4.79 Å². The molecule has 2 aliphatic rings. The number of fused-ring (bicyclic) bond motifs is 1. The Kier molecular flexibility index (Phi) is 4.49. The van der Waals surface area contributed by atoms with Crippen LogP contribution in [0.2, 0.25) is 0 Å². The molecule has 0 bridgehead atoms. The summed E-state index contributed by atoms with van der Waals surface area (Å²) >= 11 is 0. The molecule has 2 fully saturated rings. The van der Waals surface area contributed by atoms with Crippen molar-refractivity contribution in [3.63, 3.8) is 0 Å². The molecule has 1 aromatic heterocycles. The van der Waals surface area contributed by atoms with Crippen molar-refractivity contribution in [2.75, 3.05) is 40.4 Å². The Morgan fingerprint density at radius 1 is 1.41 bits per heavy atom. The Morgan fingerprint density at radius 2 is 2.23 bits per heavy atom. The fourth-order valence-corrected chi connectivity index (χ4v) is 3.75. The highest BCUT2D eigenvalue weighted by molar-refractivity contribution is 5.75. The molecule has 0 spiro atoms. The highest BCUT2D eigenvalue weighted by Crippen LogP contribution is 2.36. The molecule has 6 heteroatoms. The van der Waals surface area contributed by atoms with Gasteiger partial charge in [0.1, 0.15) is 0 Å². The summed E-state index contributed by atoms with van der Waals surface area (Å²) in [6.45, 7) is 4.62. The predicted molar refractivity (Wildman–Crippen MR) is 83.1 cm³/mol. The van der Waals surface area contributed by atoms with E-state index in [2.05, 4.69) is 16.2 Å². The molecular formula is C16H26N4O2. The van der Waals surface area contributed by atoms with Gasteiger partial charge in [-0.2, -0.15) is 5.10 Å². The molecule has 1 amide bonds. The van der Waals surface area contributed by atoms with Crippen molar-refractivity contribution in [3.8, 4) is 0 Å². The van der Waals surface area contributed by atoms with Gasteiger partial charge in [0, 0.05) is 59.0 Å². The second-order valence-corrected chi connectivity index (χ2v) is 6.93. The summed E-state index contributed by atoms with van der Waals surface area (Å²) in [5, 5.41) is 4.24. The third-order valence-electron chi connectivity index (χ3n) is 4.94. The zero-order valence-corrected chi connectivity index (χ0v) is 13.7. The molecule has 3 heterocycles. The van der Waals surface area contributed by atoms with Crippen LogP contribution in [0.3, 0.4) is 0 Å². The smallest absolute Gasteiger partial charge is 0.222 e. The summed E-state index contributed by atoms with van der Waals surface area (Å²) in [6, 6.07) is 0. The molecule has 2 saturated heterocycles. The van der Waals surface area contributed by atoms with Gasteiger partial charge in [-0.3, -0.25) is 14.4 Å². The van der Waals surface area contributed by atoms with E-state index in [-0.39, 0.29) is 5.91 Å². The van der Waals surface area contributed by atoms with Crippen LogP contribution in [0.25, 0.3) is 0 Å². The van der Waals surface area contributed by atoms with Gasteiger partial charge in [0.15, 0.2) is 0 Å². The van der Waals surface area contributed by atoms with Crippen molar-refractivity contribution in [2.45, 2.75) is 13.0 Å². The van der Waals surface area contributed by atoms with Gasteiger partial charge in [-0.15, -0.1) is 0 Å². The fraction of sp³-hybridized carbons (Fsp3) is 0.750. The topological polar surface area (TPSA) is 50.6 Å². The summed E-state index contributed by atoms with van der Waals surface area (Å²) in [6.07, 6.45) is 4.62. The number of carbonyl (C=O) groups is 1. The lowest BCUT2D eigenvalue weighted by Gasteiger charge is -2.33.